The zero-order valence-corrected chi connectivity index (χ0v) is 11.2. The van der Waals surface area contributed by atoms with Crippen molar-refractivity contribution in [2.45, 2.75) is 50.1 Å². The van der Waals surface area contributed by atoms with Crippen LogP contribution in [0.5, 0.6) is 0 Å². The van der Waals surface area contributed by atoms with Crippen LogP contribution in [-0.4, -0.2) is 54.6 Å². The minimum atomic E-state index is 0.344. The molecule has 3 aliphatic rings. The Morgan fingerprint density at radius 3 is 2.29 bits per heavy atom. The highest BCUT2D eigenvalue weighted by molar-refractivity contribution is 5.03. The lowest BCUT2D eigenvalue weighted by Gasteiger charge is -2.48. The molecule has 0 atom stereocenters. The lowest BCUT2D eigenvalue weighted by atomic mass is 9.85. The van der Waals surface area contributed by atoms with Gasteiger partial charge in [0.2, 0.25) is 0 Å². The van der Waals surface area contributed by atoms with Crippen LogP contribution in [0.3, 0.4) is 0 Å². The molecular weight excluding hydrogens is 210 g/mol. The zero-order valence-electron chi connectivity index (χ0n) is 11.2. The second-order valence-corrected chi connectivity index (χ2v) is 6.56. The molecule has 1 aliphatic heterocycles. The van der Waals surface area contributed by atoms with Crippen LogP contribution in [0.1, 0.15) is 38.5 Å². The molecule has 3 fully saturated rings. The van der Waals surface area contributed by atoms with E-state index in [2.05, 4.69) is 16.8 Å². The zero-order chi connectivity index (χ0) is 11.9. The van der Waals surface area contributed by atoms with Crippen molar-refractivity contribution in [3.8, 4) is 0 Å². The monoisotopic (exact) mass is 237 g/mol. The third-order valence-electron chi connectivity index (χ3n) is 5.05. The van der Waals surface area contributed by atoms with Crippen LogP contribution in [0.15, 0.2) is 0 Å². The molecule has 0 aromatic heterocycles. The van der Waals surface area contributed by atoms with E-state index in [1.807, 2.05) is 0 Å². The number of nitrogens with two attached hydrogens (primary N) is 1. The maximum absolute atomic E-state index is 6.19. The van der Waals surface area contributed by atoms with Crippen LogP contribution >= 0.6 is 0 Å². The number of rotatable bonds is 5. The second kappa shape index (κ2) is 4.52. The largest absolute Gasteiger partial charge is 0.329 e. The Morgan fingerprint density at radius 1 is 1.18 bits per heavy atom. The summed E-state index contributed by atoms with van der Waals surface area (Å²) in [6.07, 6.45) is 8.33. The molecule has 2 N–H and O–H groups in total. The number of likely N-dealkylation sites (tertiary alicyclic amines) is 1. The third kappa shape index (κ3) is 2.51. The first-order valence-electron chi connectivity index (χ1n) is 7.39. The van der Waals surface area contributed by atoms with Gasteiger partial charge in [-0.3, -0.25) is 4.90 Å². The van der Waals surface area contributed by atoms with E-state index >= 15 is 0 Å². The molecule has 3 rings (SSSR count). The molecule has 0 unspecified atom stereocenters. The van der Waals surface area contributed by atoms with E-state index in [0.717, 1.165) is 18.5 Å². The van der Waals surface area contributed by atoms with E-state index in [0.29, 0.717) is 5.54 Å². The summed E-state index contributed by atoms with van der Waals surface area (Å²) < 4.78 is 0. The van der Waals surface area contributed by atoms with E-state index in [9.17, 15) is 0 Å². The smallest absolute Gasteiger partial charge is 0.0359 e. The molecule has 3 heteroatoms. The van der Waals surface area contributed by atoms with Crippen LogP contribution in [0.2, 0.25) is 0 Å². The average Bonchev–Trinajstić information content (AvgIpc) is 3.21. The molecule has 17 heavy (non-hydrogen) atoms. The van der Waals surface area contributed by atoms with Crippen molar-refractivity contribution < 1.29 is 0 Å². The van der Waals surface area contributed by atoms with Gasteiger partial charge in [0.25, 0.3) is 0 Å². The van der Waals surface area contributed by atoms with E-state index in [1.165, 1.54) is 58.2 Å². The maximum Gasteiger partial charge on any atom is 0.0359 e. The summed E-state index contributed by atoms with van der Waals surface area (Å²) in [4.78, 5) is 5.29. The molecule has 0 amide bonds. The molecule has 2 aliphatic carbocycles. The summed E-state index contributed by atoms with van der Waals surface area (Å²) >= 11 is 0. The van der Waals surface area contributed by atoms with Crippen LogP contribution in [0.25, 0.3) is 0 Å². The Kier molecular flexibility index (Phi) is 3.18. The lowest BCUT2D eigenvalue weighted by Crippen LogP contribution is -2.60. The Morgan fingerprint density at radius 2 is 1.82 bits per heavy atom. The van der Waals surface area contributed by atoms with Crippen LogP contribution in [0, 0.1) is 5.92 Å². The second-order valence-electron chi connectivity index (χ2n) is 6.56. The normalized spacial score (nSPS) is 29.8. The average molecular weight is 237 g/mol. The van der Waals surface area contributed by atoms with Crippen molar-refractivity contribution >= 4 is 0 Å². The fourth-order valence-corrected chi connectivity index (χ4v) is 3.34. The molecule has 1 saturated heterocycles. The number of hydrogen-bond donors (Lipinski definition) is 1. The molecule has 2 saturated carbocycles. The maximum atomic E-state index is 6.19. The van der Waals surface area contributed by atoms with Crippen LogP contribution in [-0.2, 0) is 0 Å². The quantitative estimate of drug-likeness (QED) is 0.782. The van der Waals surface area contributed by atoms with Gasteiger partial charge in [0.15, 0.2) is 0 Å². The molecule has 0 bridgehead atoms. The highest BCUT2D eigenvalue weighted by Crippen LogP contribution is 2.41. The van der Waals surface area contributed by atoms with E-state index in [1.54, 1.807) is 0 Å². The van der Waals surface area contributed by atoms with Crippen molar-refractivity contribution in [3.63, 3.8) is 0 Å². The lowest BCUT2D eigenvalue weighted by molar-refractivity contribution is 0.0236. The van der Waals surface area contributed by atoms with Gasteiger partial charge in [-0.15, -0.1) is 0 Å². The highest BCUT2D eigenvalue weighted by atomic mass is 15.3. The Balaban J connectivity index is 1.71. The summed E-state index contributed by atoms with van der Waals surface area (Å²) in [5, 5.41) is 0. The molecular formula is C14H27N3. The molecule has 0 aromatic rings. The van der Waals surface area contributed by atoms with Crippen molar-refractivity contribution in [3.05, 3.63) is 0 Å². The van der Waals surface area contributed by atoms with Crippen LogP contribution in [0.4, 0.5) is 0 Å². The molecule has 3 nitrogen and oxygen atoms in total. The number of hydrogen-bond acceptors (Lipinski definition) is 3. The number of nitrogens with zero attached hydrogens (tertiary/aromatic N) is 2. The third-order valence-corrected chi connectivity index (χ3v) is 5.05. The first-order chi connectivity index (χ1) is 8.23. The van der Waals surface area contributed by atoms with Gasteiger partial charge in [0.1, 0.15) is 0 Å². The minimum absolute atomic E-state index is 0.344. The SMILES string of the molecule is CN1CCC(CN)(N(CC2CC2)C2CC2)CC1. The minimum Gasteiger partial charge on any atom is -0.329 e. The van der Waals surface area contributed by atoms with Crippen molar-refractivity contribution in [1.29, 1.82) is 0 Å². The van der Waals surface area contributed by atoms with Crippen LogP contribution < -0.4 is 5.73 Å². The van der Waals surface area contributed by atoms with Gasteiger partial charge in [0, 0.05) is 24.7 Å². The summed E-state index contributed by atoms with van der Waals surface area (Å²) in [7, 11) is 2.24. The van der Waals surface area contributed by atoms with Gasteiger partial charge in [-0.25, -0.2) is 0 Å². The number of piperidine rings is 1. The molecule has 1 heterocycles. The molecule has 0 spiro atoms. The Hall–Kier alpha value is -0.120. The molecule has 98 valence electrons. The fraction of sp³-hybridized carbons (Fsp3) is 1.00. The van der Waals surface area contributed by atoms with E-state index < -0.39 is 0 Å². The van der Waals surface area contributed by atoms with Gasteiger partial charge < -0.3 is 10.6 Å². The summed E-state index contributed by atoms with van der Waals surface area (Å²) in [6, 6.07) is 0.877. The standard InChI is InChI=1S/C14H27N3/c1-16-8-6-14(11-15,7-9-16)17(13-4-5-13)10-12-2-3-12/h12-13H,2-11,15H2,1H3. The predicted molar refractivity (Wildman–Crippen MR) is 71.0 cm³/mol. The van der Waals surface area contributed by atoms with Gasteiger partial charge in [0.05, 0.1) is 0 Å². The Bertz CT molecular complexity index is 263. The van der Waals surface area contributed by atoms with Gasteiger partial charge >= 0.3 is 0 Å². The first kappa shape index (κ1) is 11.9. The van der Waals surface area contributed by atoms with Crippen molar-refractivity contribution in [1.82, 2.24) is 9.80 Å². The van der Waals surface area contributed by atoms with Gasteiger partial charge in [-0.05, 0) is 64.6 Å². The Labute approximate surface area is 105 Å². The van der Waals surface area contributed by atoms with Crippen molar-refractivity contribution in [2.75, 3.05) is 33.2 Å². The fourth-order valence-electron chi connectivity index (χ4n) is 3.34. The van der Waals surface area contributed by atoms with E-state index in [4.69, 9.17) is 5.73 Å². The van der Waals surface area contributed by atoms with Crippen molar-refractivity contribution in [2.24, 2.45) is 11.7 Å². The van der Waals surface area contributed by atoms with Gasteiger partial charge in [-0.1, -0.05) is 0 Å². The summed E-state index contributed by atoms with van der Waals surface area (Å²) in [5.41, 5.74) is 6.53. The predicted octanol–water partition coefficient (Wildman–Crippen LogP) is 1.28. The molecule has 0 aromatic carbocycles. The topological polar surface area (TPSA) is 32.5 Å². The summed E-state index contributed by atoms with van der Waals surface area (Å²) in [5.74, 6) is 0.999. The molecule has 0 radical (unpaired) electrons. The van der Waals surface area contributed by atoms with Gasteiger partial charge in [-0.2, -0.15) is 0 Å². The van der Waals surface area contributed by atoms with E-state index in [-0.39, 0.29) is 0 Å². The first-order valence-corrected chi connectivity index (χ1v) is 7.39. The summed E-state index contributed by atoms with van der Waals surface area (Å²) in [6.45, 7) is 4.66. The highest BCUT2D eigenvalue weighted by Gasteiger charge is 2.46.